The van der Waals surface area contributed by atoms with Crippen LogP contribution in [0.15, 0.2) is 12.1 Å². The van der Waals surface area contributed by atoms with Crippen molar-refractivity contribution in [1.82, 2.24) is 0 Å². The zero-order chi connectivity index (χ0) is 12.1. The number of unbranched alkanes of at least 4 members (excludes halogenated alkanes) is 1. The first-order valence-electron chi connectivity index (χ1n) is 5.61. The highest BCUT2D eigenvalue weighted by Gasteiger charge is 2.08. The molecule has 0 fully saturated rings. The zero-order valence-corrected chi connectivity index (χ0v) is 10.1. The quantitative estimate of drug-likeness (QED) is 0.830. The summed E-state index contributed by atoms with van der Waals surface area (Å²) in [6.07, 6.45) is 2.40. The van der Waals surface area contributed by atoms with Gasteiger partial charge >= 0.3 is 0 Å². The normalized spacial score (nSPS) is 10.2. The van der Waals surface area contributed by atoms with E-state index < -0.39 is 0 Å². The molecule has 0 aromatic heterocycles. The van der Waals surface area contributed by atoms with E-state index in [0.717, 1.165) is 29.7 Å². The van der Waals surface area contributed by atoms with E-state index in [4.69, 9.17) is 0 Å². The number of hydrogen-bond acceptors (Lipinski definition) is 1. The Hall–Kier alpha value is -1.38. The molecule has 88 valence electrons. The van der Waals surface area contributed by atoms with Crippen LogP contribution in [0.4, 0.5) is 10.1 Å². The van der Waals surface area contributed by atoms with Gasteiger partial charge in [-0.3, -0.25) is 4.79 Å². The summed E-state index contributed by atoms with van der Waals surface area (Å²) in [6.45, 7) is 5.64. The van der Waals surface area contributed by atoms with Gasteiger partial charge in [0, 0.05) is 12.1 Å². The second kappa shape index (κ2) is 5.64. The molecule has 0 radical (unpaired) electrons. The molecule has 0 aliphatic heterocycles. The van der Waals surface area contributed by atoms with Crippen LogP contribution in [0.25, 0.3) is 0 Å². The summed E-state index contributed by atoms with van der Waals surface area (Å²) >= 11 is 0. The first-order valence-corrected chi connectivity index (χ1v) is 5.61. The monoisotopic (exact) mass is 223 g/mol. The SMILES string of the molecule is CCCCC(=O)Nc1c(C)cc(F)cc1C. The standard InChI is InChI=1S/C13H18FNO/c1-4-5-6-12(16)15-13-9(2)7-11(14)8-10(13)3/h7-8H,4-6H2,1-3H3,(H,15,16). The fourth-order valence-electron chi connectivity index (χ4n) is 1.65. The van der Waals surface area contributed by atoms with Crippen LogP contribution in [0, 0.1) is 19.7 Å². The summed E-state index contributed by atoms with van der Waals surface area (Å²) < 4.78 is 13.0. The second-order valence-corrected chi connectivity index (χ2v) is 4.07. The first-order chi connectivity index (χ1) is 7.54. The van der Waals surface area contributed by atoms with Crippen molar-refractivity contribution in [2.75, 3.05) is 5.32 Å². The van der Waals surface area contributed by atoms with Gasteiger partial charge in [-0.25, -0.2) is 4.39 Å². The maximum absolute atomic E-state index is 13.0. The van der Waals surface area contributed by atoms with Crippen LogP contribution in [0.2, 0.25) is 0 Å². The van der Waals surface area contributed by atoms with E-state index in [-0.39, 0.29) is 11.7 Å². The number of halogens is 1. The Morgan fingerprint density at radius 1 is 1.31 bits per heavy atom. The Morgan fingerprint density at radius 3 is 2.38 bits per heavy atom. The minimum absolute atomic E-state index is 0.000317. The molecule has 0 heterocycles. The highest BCUT2D eigenvalue weighted by atomic mass is 19.1. The van der Waals surface area contributed by atoms with E-state index in [2.05, 4.69) is 5.32 Å². The number of carbonyl (C=O) groups excluding carboxylic acids is 1. The average Bonchev–Trinajstić information content (AvgIpc) is 2.20. The van der Waals surface area contributed by atoms with Crippen LogP contribution in [0.1, 0.15) is 37.3 Å². The van der Waals surface area contributed by atoms with Gasteiger partial charge in [-0.05, 0) is 43.5 Å². The average molecular weight is 223 g/mol. The summed E-state index contributed by atoms with van der Waals surface area (Å²) in [5, 5.41) is 2.83. The summed E-state index contributed by atoms with van der Waals surface area (Å²) in [6, 6.07) is 2.87. The minimum Gasteiger partial charge on any atom is -0.326 e. The number of nitrogens with one attached hydrogen (secondary N) is 1. The fraction of sp³-hybridized carbons (Fsp3) is 0.462. The van der Waals surface area contributed by atoms with Gasteiger partial charge in [-0.1, -0.05) is 13.3 Å². The van der Waals surface area contributed by atoms with Crippen LogP contribution in [-0.4, -0.2) is 5.91 Å². The van der Waals surface area contributed by atoms with Crippen molar-refractivity contribution >= 4 is 11.6 Å². The van der Waals surface area contributed by atoms with E-state index >= 15 is 0 Å². The van der Waals surface area contributed by atoms with E-state index in [1.54, 1.807) is 13.8 Å². The van der Waals surface area contributed by atoms with Crippen LogP contribution in [-0.2, 0) is 4.79 Å². The third-order valence-electron chi connectivity index (χ3n) is 2.52. The molecule has 0 bridgehead atoms. The number of hydrogen-bond donors (Lipinski definition) is 1. The fourth-order valence-corrected chi connectivity index (χ4v) is 1.65. The minimum atomic E-state index is -0.262. The molecule has 3 heteroatoms. The Labute approximate surface area is 95.9 Å². The van der Waals surface area contributed by atoms with Crippen LogP contribution >= 0.6 is 0 Å². The Bertz CT molecular complexity index is 365. The molecule has 0 saturated carbocycles. The molecule has 0 aliphatic carbocycles. The molecule has 0 unspecified atom stereocenters. The lowest BCUT2D eigenvalue weighted by Gasteiger charge is -2.11. The number of anilines is 1. The summed E-state index contributed by atoms with van der Waals surface area (Å²) in [7, 11) is 0. The summed E-state index contributed by atoms with van der Waals surface area (Å²) in [5.74, 6) is -0.263. The van der Waals surface area contributed by atoms with Crippen molar-refractivity contribution in [3.05, 3.63) is 29.1 Å². The number of aryl methyl sites for hydroxylation is 2. The van der Waals surface area contributed by atoms with Gasteiger partial charge in [-0.15, -0.1) is 0 Å². The predicted octanol–water partition coefficient (Wildman–Crippen LogP) is 3.57. The number of benzene rings is 1. The maximum Gasteiger partial charge on any atom is 0.224 e. The number of rotatable bonds is 4. The Balaban J connectivity index is 2.77. The largest absolute Gasteiger partial charge is 0.326 e. The lowest BCUT2D eigenvalue weighted by molar-refractivity contribution is -0.116. The van der Waals surface area contributed by atoms with Gasteiger partial charge in [0.15, 0.2) is 0 Å². The van der Waals surface area contributed by atoms with Gasteiger partial charge in [0.1, 0.15) is 5.82 Å². The molecule has 0 atom stereocenters. The Kier molecular flexibility index (Phi) is 4.47. The molecular formula is C13H18FNO. The molecule has 0 aliphatic rings. The molecule has 16 heavy (non-hydrogen) atoms. The molecular weight excluding hydrogens is 205 g/mol. The number of carbonyl (C=O) groups is 1. The summed E-state index contributed by atoms with van der Waals surface area (Å²) in [4.78, 5) is 11.6. The summed E-state index contributed by atoms with van der Waals surface area (Å²) in [5.41, 5.74) is 2.27. The van der Waals surface area contributed by atoms with Crippen LogP contribution < -0.4 is 5.32 Å². The van der Waals surface area contributed by atoms with E-state index in [1.165, 1.54) is 12.1 Å². The lowest BCUT2D eigenvalue weighted by atomic mass is 10.1. The molecule has 0 saturated heterocycles. The van der Waals surface area contributed by atoms with Gasteiger partial charge < -0.3 is 5.32 Å². The molecule has 1 N–H and O–H groups in total. The molecule has 1 rings (SSSR count). The van der Waals surface area contributed by atoms with Crippen molar-refractivity contribution in [3.8, 4) is 0 Å². The smallest absolute Gasteiger partial charge is 0.224 e. The first kappa shape index (κ1) is 12.7. The maximum atomic E-state index is 13.0. The van der Waals surface area contributed by atoms with E-state index in [9.17, 15) is 9.18 Å². The van der Waals surface area contributed by atoms with Crippen molar-refractivity contribution in [1.29, 1.82) is 0 Å². The van der Waals surface area contributed by atoms with Crippen molar-refractivity contribution in [3.63, 3.8) is 0 Å². The van der Waals surface area contributed by atoms with Crippen LogP contribution in [0.5, 0.6) is 0 Å². The van der Waals surface area contributed by atoms with Gasteiger partial charge in [-0.2, -0.15) is 0 Å². The van der Waals surface area contributed by atoms with E-state index in [1.807, 2.05) is 6.92 Å². The van der Waals surface area contributed by atoms with Gasteiger partial charge in [0.25, 0.3) is 0 Å². The third kappa shape index (κ3) is 3.33. The topological polar surface area (TPSA) is 29.1 Å². The molecule has 1 aromatic rings. The lowest BCUT2D eigenvalue weighted by Crippen LogP contribution is -2.13. The highest BCUT2D eigenvalue weighted by molar-refractivity contribution is 5.92. The van der Waals surface area contributed by atoms with Crippen LogP contribution in [0.3, 0.4) is 0 Å². The molecule has 0 spiro atoms. The third-order valence-corrected chi connectivity index (χ3v) is 2.52. The zero-order valence-electron chi connectivity index (χ0n) is 10.1. The highest BCUT2D eigenvalue weighted by Crippen LogP contribution is 2.21. The van der Waals surface area contributed by atoms with Gasteiger partial charge in [0.05, 0.1) is 0 Å². The second-order valence-electron chi connectivity index (χ2n) is 4.07. The molecule has 1 amide bonds. The van der Waals surface area contributed by atoms with Gasteiger partial charge in [0.2, 0.25) is 5.91 Å². The predicted molar refractivity (Wildman–Crippen MR) is 64.0 cm³/mol. The van der Waals surface area contributed by atoms with Crippen molar-refractivity contribution < 1.29 is 9.18 Å². The number of amides is 1. The van der Waals surface area contributed by atoms with Crippen molar-refractivity contribution in [2.45, 2.75) is 40.0 Å². The van der Waals surface area contributed by atoms with E-state index in [0.29, 0.717) is 6.42 Å². The Morgan fingerprint density at radius 2 is 1.88 bits per heavy atom. The molecule has 2 nitrogen and oxygen atoms in total. The van der Waals surface area contributed by atoms with Crippen molar-refractivity contribution in [2.24, 2.45) is 0 Å². The molecule has 1 aromatic carbocycles.